The highest BCUT2D eigenvalue weighted by Gasteiger charge is 2.19. The number of hydrogen-bond acceptors (Lipinski definition) is 3. The van der Waals surface area contributed by atoms with Gasteiger partial charge in [0.05, 0.1) is 5.92 Å². The monoisotopic (exact) mass is 387 g/mol. The predicted molar refractivity (Wildman–Crippen MR) is 117 cm³/mol. The fourth-order valence-corrected chi connectivity index (χ4v) is 3.18. The van der Waals surface area contributed by atoms with E-state index in [9.17, 15) is 4.79 Å². The highest BCUT2D eigenvalue weighted by Crippen LogP contribution is 2.24. The second kappa shape index (κ2) is 9.55. The summed E-state index contributed by atoms with van der Waals surface area (Å²) in [6.45, 7) is 3.74. The number of rotatable bonds is 7. The number of nitrogens with zero attached hydrogens (tertiary/aromatic N) is 1. The number of amidine groups is 1. The summed E-state index contributed by atoms with van der Waals surface area (Å²) in [6, 6.07) is 25.5. The molecule has 5 heteroatoms. The predicted octanol–water partition coefficient (Wildman–Crippen LogP) is 4.36. The topological polar surface area (TPSA) is 76.7 Å². The molecule has 3 rings (SSSR count). The standard InChI is InChI=1S/C24H25N3O2/c1-17-13-14-21(18(2)15-17)26-22(28)16-29-27-24(25)23(19-9-5-3-6-10-19)20-11-7-4-8-12-20/h3-15,23H,16H2,1-2H3,(H2,25,27)(H,26,28). The van der Waals surface area contributed by atoms with Crippen molar-refractivity contribution in [1.29, 1.82) is 0 Å². The zero-order chi connectivity index (χ0) is 20.6. The summed E-state index contributed by atoms with van der Waals surface area (Å²) in [5, 5.41) is 6.86. The van der Waals surface area contributed by atoms with Crippen molar-refractivity contribution in [3.63, 3.8) is 0 Å². The molecular formula is C24H25N3O2. The quantitative estimate of drug-likeness (QED) is 0.359. The average molecular weight is 387 g/mol. The Balaban J connectivity index is 1.68. The number of anilines is 1. The summed E-state index contributed by atoms with van der Waals surface area (Å²) in [7, 11) is 0. The van der Waals surface area contributed by atoms with E-state index in [1.54, 1.807) is 0 Å². The van der Waals surface area contributed by atoms with Crippen molar-refractivity contribution in [3.8, 4) is 0 Å². The Labute approximate surface area is 171 Å². The zero-order valence-electron chi connectivity index (χ0n) is 16.6. The van der Waals surface area contributed by atoms with Gasteiger partial charge in [0, 0.05) is 5.69 Å². The number of nitrogens with one attached hydrogen (secondary N) is 1. The van der Waals surface area contributed by atoms with Crippen LogP contribution >= 0.6 is 0 Å². The minimum absolute atomic E-state index is 0.218. The number of oxime groups is 1. The van der Waals surface area contributed by atoms with Crippen LogP contribution in [0.3, 0.4) is 0 Å². The maximum atomic E-state index is 12.2. The molecular weight excluding hydrogens is 362 g/mol. The average Bonchev–Trinajstić information content (AvgIpc) is 2.72. The smallest absolute Gasteiger partial charge is 0.265 e. The molecule has 0 aliphatic rings. The normalized spacial score (nSPS) is 11.3. The summed E-state index contributed by atoms with van der Waals surface area (Å²) >= 11 is 0. The number of carbonyl (C=O) groups is 1. The molecule has 0 aliphatic carbocycles. The molecule has 0 spiro atoms. The molecule has 0 aromatic heterocycles. The van der Waals surface area contributed by atoms with Crippen molar-refractivity contribution < 1.29 is 9.63 Å². The van der Waals surface area contributed by atoms with Crippen molar-refractivity contribution in [2.75, 3.05) is 11.9 Å². The number of hydrogen-bond donors (Lipinski definition) is 2. The molecule has 0 saturated heterocycles. The number of aryl methyl sites for hydroxylation is 2. The van der Waals surface area contributed by atoms with E-state index < -0.39 is 0 Å². The molecule has 0 radical (unpaired) electrons. The third-order valence-electron chi connectivity index (χ3n) is 4.58. The lowest BCUT2D eigenvalue weighted by molar-refractivity contribution is -0.120. The van der Waals surface area contributed by atoms with Gasteiger partial charge < -0.3 is 15.9 Å². The Morgan fingerprint density at radius 3 is 2.10 bits per heavy atom. The molecule has 0 fully saturated rings. The highest BCUT2D eigenvalue weighted by molar-refractivity contribution is 5.93. The largest absolute Gasteiger partial charge is 0.384 e. The second-order valence-electron chi connectivity index (χ2n) is 6.91. The van der Waals surface area contributed by atoms with Gasteiger partial charge >= 0.3 is 0 Å². The van der Waals surface area contributed by atoms with Gasteiger partial charge in [-0.25, -0.2) is 0 Å². The van der Waals surface area contributed by atoms with Crippen molar-refractivity contribution in [2.45, 2.75) is 19.8 Å². The SMILES string of the molecule is Cc1ccc(NC(=O)CO/N=C(/N)C(c2ccccc2)c2ccccc2)c(C)c1. The van der Waals surface area contributed by atoms with Crippen LogP contribution in [0.5, 0.6) is 0 Å². The van der Waals surface area contributed by atoms with Gasteiger partial charge in [0.25, 0.3) is 5.91 Å². The van der Waals surface area contributed by atoms with E-state index >= 15 is 0 Å². The fraction of sp³-hybridized carbons (Fsp3) is 0.167. The van der Waals surface area contributed by atoms with E-state index in [1.807, 2.05) is 92.7 Å². The summed E-state index contributed by atoms with van der Waals surface area (Å²) in [5.41, 5.74) is 11.2. The van der Waals surface area contributed by atoms with Crippen molar-refractivity contribution in [1.82, 2.24) is 0 Å². The van der Waals surface area contributed by atoms with Crippen LogP contribution in [0.4, 0.5) is 5.69 Å². The number of benzene rings is 3. The summed E-state index contributed by atoms with van der Waals surface area (Å²) in [4.78, 5) is 17.5. The first kappa shape index (κ1) is 20.1. The Morgan fingerprint density at radius 1 is 0.966 bits per heavy atom. The molecule has 3 aromatic rings. The zero-order valence-corrected chi connectivity index (χ0v) is 16.6. The Hall–Kier alpha value is -3.60. The Kier molecular flexibility index (Phi) is 6.63. The molecule has 5 nitrogen and oxygen atoms in total. The van der Waals surface area contributed by atoms with Crippen LogP contribution in [0.25, 0.3) is 0 Å². The van der Waals surface area contributed by atoms with E-state index in [1.165, 1.54) is 0 Å². The molecule has 29 heavy (non-hydrogen) atoms. The van der Waals surface area contributed by atoms with Crippen LogP contribution in [0.15, 0.2) is 84.0 Å². The Morgan fingerprint density at radius 2 is 1.55 bits per heavy atom. The van der Waals surface area contributed by atoms with Crippen LogP contribution in [-0.2, 0) is 9.63 Å². The van der Waals surface area contributed by atoms with Gasteiger partial charge in [-0.15, -0.1) is 0 Å². The van der Waals surface area contributed by atoms with E-state index in [-0.39, 0.29) is 18.4 Å². The molecule has 0 unspecified atom stereocenters. The van der Waals surface area contributed by atoms with Gasteiger partial charge in [0.1, 0.15) is 0 Å². The lowest BCUT2D eigenvalue weighted by Crippen LogP contribution is -2.25. The molecule has 0 heterocycles. The number of nitrogens with two attached hydrogens (primary N) is 1. The van der Waals surface area contributed by atoms with Gasteiger partial charge in [0.15, 0.2) is 12.4 Å². The first-order chi connectivity index (χ1) is 14.0. The second-order valence-corrected chi connectivity index (χ2v) is 6.91. The van der Waals surface area contributed by atoms with Gasteiger partial charge in [-0.05, 0) is 36.6 Å². The van der Waals surface area contributed by atoms with E-state index in [4.69, 9.17) is 10.6 Å². The molecule has 1 amide bonds. The van der Waals surface area contributed by atoms with Crippen molar-refractivity contribution >= 4 is 17.4 Å². The van der Waals surface area contributed by atoms with Crippen molar-refractivity contribution in [2.24, 2.45) is 10.9 Å². The first-order valence-electron chi connectivity index (χ1n) is 9.47. The van der Waals surface area contributed by atoms with Crippen LogP contribution < -0.4 is 11.1 Å². The first-order valence-corrected chi connectivity index (χ1v) is 9.47. The van der Waals surface area contributed by atoms with E-state index in [0.717, 1.165) is 27.9 Å². The maximum Gasteiger partial charge on any atom is 0.265 e. The summed E-state index contributed by atoms with van der Waals surface area (Å²) in [6.07, 6.45) is 0. The molecule has 3 aromatic carbocycles. The highest BCUT2D eigenvalue weighted by atomic mass is 16.6. The van der Waals surface area contributed by atoms with Gasteiger partial charge in [-0.1, -0.05) is 83.5 Å². The summed E-state index contributed by atoms with van der Waals surface area (Å²) in [5.74, 6) is -0.244. The molecule has 0 saturated carbocycles. The lowest BCUT2D eigenvalue weighted by Gasteiger charge is -2.17. The number of carbonyl (C=O) groups excluding carboxylic acids is 1. The van der Waals surface area contributed by atoms with Crippen LogP contribution in [-0.4, -0.2) is 18.3 Å². The van der Waals surface area contributed by atoms with Crippen molar-refractivity contribution in [3.05, 3.63) is 101 Å². The molecule has 0 atom stereocenters. The van der Waals surface area contributed by atoms with Gasteiger partial charge in [-0.2, -0.15) is 0 Å². The third-order valence-corrected chi connectivity index (χ3v) is 4.58. The van der Waals surface area contributed by atoms with Gasteiger partial charge in [0.2, 0.25) is 0 Å². The molecule has 0 bridgehead atoms. The minimum atomic E-state index is -0.288. The Bertz CT molecular complexity index is 946. The minimum Gasteiger partial charge on any atom is -0.384 e. The van der Waals surface area contributed by atoms with Crippen LogP contribution in [0.1, 0.15) is 28.2 Å². The van der Waals surface area contributed by atoms with Crippen LogP contribution in [0, 0.1) is 13.8 Å². The molecule has 3 N–H and O–H groups in total. The third kappa shape index (κ3) is 5.45. The molecule has 0 aliphatic heterocycles. The summed E-state index contributed by atoms with van der Waals surface area (Å²) < 4.78 is 0. The number of amides is 1. The van der Waals surface area contributed by atoms with Crippen LogP contribution in [0.2, 0.25) is 0 Å². The maximum absolute atomic E-state index is 12.2. The van der Waals surface area contributed by atoms with E-state index in [0.29, 0.717) is 5.84 Å². The van der Waals surface area contributed by atoms with E-state index in [2.05, 4.69) is 10.5 Å². The fourth-order valence-electron chi connectivity index (χ4n) is 3.18. The lowest BCUT2D eigenvalue weighted by atomic mass is 9.90. The molecule has 148 valence electrons. The van der Waals surface area contributed by atoms with Gasteiger partial charge in [-0.3, -0.25) is 4.79 Å².